The lowest BCUT2D eigenvalue weighted by Crippen LogP contribution is -2.43. The molecule has 2 N–H and O–H groups in total. The number of amides is 1. The van der Waals surface area contributed by atoms with E-state index in [9.17, 15) is 13.2 Å². The van der Waals surface area contributed by atoms with Gasteiger partial charge >= 0.3 is 0 Å². The summed E-state index contributed by atoms with van der Waals surface area (Å²) in [5, 5.41) is 10.1. The third-order valence-electron chi connectivity index (χ3n) is 4.85. The zero-order chi connectivity index (χ0) is 21.6. The molecule has 1 amide bonds. The number of carbonyl (C=O) groups excluding carboxylic acids is 1. The highest BCUT2D eigenvalue weighted by molar-refractivity contribution is 7.99. The van der Waals surface area contributed by atoms with E-state index in [0.717, 1.165) is 0 Å². The number of piperidine rings is 1. The van der Waals surface area contributed by atoms with Crippen LogP contribution in [0.3, 0.4) is 0 Å². The summed E-state index contributed by atoms with van der Waals surface area (Å²) in [6.07, 6.45) is 2.39. The second-order valence-corrected chi connectivity index (χ2v) is 9.65. The first-order valence-electron chi connectivity index (χ1n) is 9.43. The lowest BCUT2D eigenvalue weighted by molar-refractivity contribution is -0.125. The van der Waals surface area contributed by atoms with Gasteiger partial charge in [0.05, 0.1) is 19.1 Å². The van der Waals surface area contributed by atoms with Crippen LogP contribution < -0.4 is 14.8 Å². The van der Waals surface area contributed by atoms with E-state index in [-0.39, 0.29) is 16.7 Å². The summed E-state index contributed by atoms with van der Waals surface area (Å²) in [5.41, 5.74) is 0. The van der Waals surface area contributed by atoms with E-state index in [4.69, 9.17) is 9.47 Å². The summed E-state index contributed by atoms with van der Waals surface area (Å²) in [6, 6.07) is 4.53. The van der Waals surface area contributed by atoms with Gasteiger partial charge in [0.15, 0.2) is 16.7 Å². The molecule has 3 rings (SSSR count). The molecule has 30 heavy (non-hydrogen) atoms. The SMILES string of the molecule is COc1ccc(S(=O)(=O)N2CCC(C(=O)NCCSc3ncn[nH]3)CC2)cc1OC. The topological polar surface area (TPSA) is 127 Å². The van der Waals surface area contributed by atoms with Gasteiger partial charge in [-0.2, -0.15) is 9.40 Å². The van der Waals surface area contributed by atoms with Crippen LogP contribution in [0.1, 0.15) is 12.8 Å². The first-order valence-corrected chi connectivity index (χ1v) is 11.9. The molecular formula is C18H25N5O5S2. The molecule has 2 heterocycles. The fourth-order valence-corrected chi connectivity index (χ4v) is 5.34. The zero-order valence-corrected chi connectivity index (χ0v) is 18.5. The Kier molecular flexibility index (Phi) is 7.56. The van der Waals surface area contributed by atoms with Crippen molar-refractivity contribution >= 4 is 27.7 Å². The van der Waals surface area contributed by atoms with Crippen molar-refractivity contribution in [1.82, 2.24) is 24.8 Å². The molecule has 10 nitrogen and oxygen atoms in total. The number of aromatic nitrogens is 3. The predicted molar refractivity (Wildman–Crippen MR) is 111 cm³/mol. The van der Waals surface area contributed by atoms with Crippen LogP contribution in [0, 0.1) is 5.92 Å². The van der Waals surface area contributed by atoms with Crippen LogP contribution >= 0.6 is 11.8 Å². The molecule has 1 saturated heterocycles. The minimum Gasteiger partial charge on any atom is -0.493 e. The lowest BCUT2D eigenvalue weighted by atomic mass is 9.97. The van der Waals surface area contributed by atoms with E-state index >= 15 is 0 Å². The van der Waals surface area contributed by atoms with Gasteiger partial charge < -0.3 is 14.8 Å². The molecule has 0 radical (unpaired) electrons. The molecule has 0 aliphatic carbocycles. The lowest BCUT2D eigenvalue weighted by Gasteiger charge is -2.30. The molecular weight excluding hydrogens is 430 g/mol. The minimum absolute atomic E-state index is 0.0451. The van der Waals surface area contributed by atoms with Crippen LogP contribution in [0.15, 0.2) is 34.6 Å². The molecule has 1 aliphatic heterocycles. The molecule has 0 bridgehead atoms. The van der Waals surface area contributed by atoms with Crippen molar-refractivity contribution in [1.29, 1.82) is 0 Å². The highest BCUT2D eigenvalue weighted by Crippen LogP contribution is 2.32. The number of methoxy groups -OCH3 is 2. The normalized spacial score (nSPS) is 15.7. The van der Waals surface area contributed by atoms with Crippen molar-refractivity contribution < 1.29 is 22.7 Å². The molecule has 0 saturated carbocycles. The van der Waals surface area contributed by atoms with Crippen molar-refractivity contribution in [2.75, 3.05) is 39.6 Å². The van der Waals surface area contributed by atoms with Gasteiger partial charge in [-0.15, -0.1) is 0 Å². The van der Waals surface area contributed by atoms with Crippen LogP contribution in [-0.2, 0) is 14.8 Å². The number of nitrogens with one attached hydrogen (secondary N) is 2. The highest BCUT2D eigenvalue weighted by atomic mass is 32.2. The number of nitrogens with zero attached hydrogens (tertiary/aromatic N) is 3. The Hall–Kier alpha value is -2.31. The van der Waals surface area contributed by atoms with Gasteiger partial charge in [0, 0.05) is 37.4 Å². The van der Waals surface area contributed by atoms with Gasteiger partial charge in [-0.05, 0) is 25.0 Å². The maximum absolute atomic E-state index is 13.0. The first-order chi connectivity index (χ1) is 14.5. The van der Waals surface area contributed by atoms with Crippen LogP contribution in [-0.4, -0.2) is 73.4 Å². The summed E-state index contributed by atoms with van der Waals surface area (Å²) < 4.78 is 37.7. The maximum atomic E-state index is 13.0. The summed E-state index contributed by atoms with van der Waals surface area (Å²) >= 11 is 1.47. The average Bonchev–Trinajstić information content (AvgIpc) is 3.29. The molecule has 1 fully saturated rings. The van der Waals surface area contributed by atoms with Gasteiger partial charge in [-0.3, -0.25) is 9.89 Å². The third-order valence-corrected chi connectivity index (χ3v) is 7.62. The van der Waals surface area contributed by atoms with Gasteiger partial charge in [-0.25, -0.2) is 13.4 Å². The fourth-order valence-electron chi connectivity index (χ4n) is 3.21. The second-order valence-electron chi connectivity index (χ2n) is 6.63. The number of aromatic amines is 1. The van der Waals surface area contributed by atoms with Gasteiger partial charge in [0.2, 0.25) is 15.9 Å². The van der Waals surface area contributed by atoms with Crippen molar-refractivity contribution in [2.45, 2.75) is 22.9 Å². The zero-order valence-electron chi connectivity index (χ0n) is 16.8. The molecule has 1 aliphatic rings. The molecule has 0 unspecified atom stereocenters. The number of thioether (sulfide) groups is 1. The number of hydrogen-bond donors (Lipinski definition) is 2. The standard InChI is InChI=1S/C18H25N5O5S2/c1-27-15-4-3-14(11-16(15)28-2)30(25,26)23-8-5-13(6-9-23)17(24)19-7-10-29-18-20-12-21-22-18/h3-4,11-13H,5-10H2,1-2H3,(H,19,24)(H,20,21,22). The van der Waals surface area contributed by atoms with Gasteiger partial charge in [0.1, 0.15) is 6.33 Å². The minimum atomic E-state index is -3.67. The number of benzene rings is 1. The summed E-state index contributed by atoms with van der Waals surface area (Å²) in [6.45, 7) is 1.09. The maximum Gasteiger partial charge on any atom is 0.243 e. The second kappa shape index (κ2) is 10.1. The summed E-state index contributed by atoms with van der Waals surface area (Å²) in [4.78, 5) is 16.5. The van der Waals surface area contributed by atoms with Crippen LogP contribution in [0.4, 0.5) is 0 Å². The third kappa shape index (κ3) is 5.24. The number of carbonyl (C=O) groups is 1. The van der Waals surface area contributed by atoms with Crippen molar-refractivity contribution in [3.63, 3.8) is 0 Å². The summed E-state index contributed by atoms with van der Waals surface area (Å²) in [7, 11) is -0.713. The average molecular weight is 456 g/mol. The number of rotatable bonds is 9. The van der Waals surface area contributed by atoms with Gasteiger partial charge in [-0.1, -0.05) is 11.8 Å². The Morgan fingerprint density at radius 3 is 2.63 bits per heavy atom. The fraction of sp³-hybridized carbons (Fsp3) is 0.500. The molecule has 0 spiro atoms. The largest absolute Gasteiger partial charge is 0.493 e. The molecule has 1 aromatic carbocycles. The van der Waals surface area contributed by atoms with E-state index in [2.05, 4.69) is 20.5 Å². The Bertz CT molecular complexity index is 944. The van der Waals surface area contributed by atoms with E-state index in [0.29, 0.717) is 54.9 Å². The smallest absolute Gasteiger partial charge is 0.243 e. The van der Waals surface area contributed by atoms with E-state index < -0.39 is 10.0 Å². The number of ether oxygens (including phenoxy) is 2. The van der Waals surface area contributed by atoms with Crippen molar-refractivity contribution in [2.24, 2.45) is 5.92 Å². The Balaban J connectivity index is 1.51. The van der Waals surface area contributed by atoms with Crippen LogP contribution in [0.5, 0.6) is 11.5 Å². The summed E-state index contributed by atoms with van der Waals surface area (Å²) in [5.74, 6) is 1.26. The molecule has 0 atom stereocenters. The van der Waals surface area contributed by atoms with E-state index in [1.165, 1.54) is 48.7 Å². The highest BCUT2D eigenvalue weighted by Gasteiger charge is 2.32. The number of sulfonamides is 1. The molecule has 164 valence electrons. The van der Waals surface area contributed by atoms with Gasteiger partial charge in [0.25, 0.3) is 0 Å². The van der Waals surface area contributed by atoms with Crippen LogP contribution in [0.2, 0.25) is 0 Å². The van der Waals surface area contributed by atoms with Crippen molar-refractivity contribution in [3.05, 3.63) is 24.5 Å². The Labute approximate surface area is 179 Å². The number of H-pyrrole nitrogens is 1. The quantitative estimate of drug-likeness (QED) is 0.426. The van der Waals surface area contributed by atoms with E-state index in [1.807, 2.05) is 0 Å². The molecule has 2 aromatic rings. The molecule has 12 heteroatoms. The Morgan fingerprint density at radius 1 is 1.27 bits per heavy atom. The van der Waals surface area contributed by atoms with Crippen LogP contribution in [0.25, 0.3) is 0 Å². The predicted octanol–water partition coefficient (Wildman–Crippen LogP) is 1.13. The molecule has 1 aromatic heterocycles. The number of hydrogen-bond acceptors (Lipinski definition) is 8. The van der Waals surface area contributed by atoms with E-state index in [1.54, 1.807) is 6.07 Å². The Morgan fingerprint density at radius 2 is 2.00 bits per heavy atom. The first kappa shape index (κ1) is 22.4. The monoisotopic (exact) mass is 455 g/mol. The van der Waals surface area contributed by atoms with Crippen molar-refractivity contribution in [3.8, 4) is 11.5 Å².